The van der Waals surface area contributed by atoms with E-state index >= 15 is 0 Å². The molecule has 0 unspecified atom stereocenters. The summed E-state index contributed by atoms with van der Waals surface area (Å²) in [4.78, 5) is 17.5. The number of carbonyl (C=O) groups excluding carboxylic acids is 1. The maximum absolute atomic E-state index is 13.5. The first kappa shape index (κ1) is 19.7. The van der Waals surface area contributed by atoms with Crippen LogP contribution in [0.4, 0.5) is 8.78 Å². The fraction of sp³-hybridized carbons (Fsp3) is 0.238. The highest BCUT2D eigenvalue weighted by Crippen LogP contribution is 2.40. The predicted molar refractivity (Wildman–Crippen MR) is 108 cm³/mol. The largest absolute Gasteiger partial charge is 0.372 e. The molecular weight excluding hydrogens is 390 g/mol. The third kappa shape index (κ3) is 3.54. The van der Waals surface area contributed by atoms with Gasteiger partial charge in [0.15, 0.2) is 5.65 Å². The van der Waals surface area contributed by atoms with Gasteiger partial charge in [-0.05, 0) is 56.2 Å². The molecule has 0 aliphatic heterocycles. The third-order valence-corrected chi connectivity index (χ3v) is 5.14. The van der Waals surface area contributed by atoms with Crippen molar-refractivity contribution in [1.29, 1.82) is 0 Å². The number of aromatic nitrogens is 5. The average Bonchev–Trinajstić information content (AvgIpc) is 3.30. The summed E-state index contributed by atoms with van der Waals surface area (Å²) >= 11 is 0. The lowest BCUT2D eigenvalue weighted by Gasteiger charge is -2.32. The standard InChI is InChI=1S/C20H17F2N5.CH3NO/c1-12-10-23-18-7-6-17(25-27(12)18)20-19(13-2-4-14(21)5-3-13)24-11-26(20)16-8-15(22)9-16;2-1-3/h2-7,10-11,15-16H,8-9H2,1H3;1H,(H2,2,3). The van der Waals surface area contributed by atoms with Crippen LogP contribution in [0.1, 0.15) is 24.6 Å². The van der Waals surface area contributed by atoms with Crippen molar-refractivity contribution in [2.45, 2.75) is 32.0 Å². The summed E-state index contributed by atoms with van der Waals surface area (Å²) in [5, 5.41) is 4.73. The quantitative estimate of drug-likeness (QED) is 0.524. The lowest BCUT2D eigenvalue weighted by Crippen LogP contribution is -2.28. The minimum absolute atomic E-state index is 0.0538. The molecule has 5 rings (SSSR count). The number of nitrogens with zero attached hydrogens (tertiary/aromatic N) is 5. The number of aryl methyl sites for hydroxylation is 1. The van der Waals surface area contributed by atoms with E-state index in [4.69, 9.17) is 9.89 Å². The van der Waals surface area contributed by atoms with Crippen LogP contribution in [0.25, 0.3) is 28.3 Å². The number of hydrogen-bond acceptors (Lipinski definition) is 4. The van der Waals surface area contributed by atoms with Gasteiger partial charge in [-0.15, -0.1) is 0 Å². The van der Waals surface area contributed by atoms with Crippen molar-refractivity contribution in [2.24, 2.45) is 5.73 Å². The molecule has 1 aliphatic rings. The Morgan fingerprint density at radius 2 is 1.83 bits per heavy atom. The van der Waals surface area contributed by atoms with Crippen LogP contribution in [-0.2, 0) is 4.79 Å². The number of carbonyl (C=O) groups is 1. The van der Waals surface area contributed by atoms with Crippen molar-refractivity contribution in [2.75, 3.05) is 0 Å². The summed E-state index contributed by atoms with van der Waals surface area (Å²) in [7, 11) is 0. The summed E-state index contributed by atoms with van der Waals surface area (Å²) in [5.74, 6) is -0.299. The van der Waals surface area contributed by atoms with Crippen LogP contribution in [0.5, 0.6) is 0 Å². The van der Waals surface area contributed by atoms with Crippen molar-refractivity contribution in [1.82, 2.24) is 24.1 Å². The molecule has 1 aliphatic carbocycles. The topological polar surface area (TPSA) is 91.1 Å². The van der Waals surface area contributed by atoms with Crippen LogP contribution < -0.4 is 5.73 Å². The first-order chi connectivity index (χ1) is 14.5. The number of nitrogens with two attached hydrogens (primary N) is 1. The molecule has 7 nitrogen and oxygen atoms in total. The van der Waals surface area contributed by atoms with Gasteiger partial charge in [0.1, 0.15) is 17.7 Å². The summed E-state index contributed by atoms with van der Waals surface area (Å²) in [5.41, 5.74) is 8.90. The van der Waals surface area contributed by atoms with Gasteiger partial charge >= 0.3 is 0 Å². The molecule has 0 atom stereocenters. The molecule has 1 amide bonds. The summed E-state index contributed by atoms with van der Waals surface area (Å²) in [6.07, 6.45) is 3.92. The molecule has 1 fully saturated rings. The molecule has 2 N–H and O–H groups in total. The van der Waals surface area contributed by atoms with Crippen molar-refractivity contribution >= 4 is 12.1 Å². The first-order valence-electron chi connectivity index (χ1n) is 9.45. The van der Waals surface area contributed by atoms with Crippen LogP contribution in [-0.4, -0.2) is 36.7 Å². The number of alkyl halides is 1. The smallest absolute Gasteiger partial charge is 0.204 e. The second-order valence-electron chi connectivity index (χ2n) is 7.10. The highest BCUT2D eigenvalue weighted by atomic mass is 19.1. The maximum atomic E-state index is 13.5. The Bertz CT molecular complexity index is 1180. The molecule has 0 saturated heterocycles. The Balaban J connectivity index is 0.000000687. The van der Waals surface area contributed by atoms with Gasteiger partial charge in [0.05, 0.1) is 29.6 Å². The fourth-order valence-corrected chi connectivity index (χ4v) is 3.57. The molecule has 3 aromatic heterocycles. The Morgan fingerprint density at radius 3 is 2.50 bits per heavy atom. The Labute approximate surface area is 171 Å². The van der Waals surface area contributed by atoms with Gasteiger partial charge in [-0.25, -0.2) is 23.3 Å². The second kappa shape index (κ2) is 8.02. The SMILES string of the molecule is Cc1cnc2ccc(-c3c(-c4ccc(F)cc4)ncn3C3CC(F)C3)nn12.NC=O. The zero-order chi connectivity index (χ0) is 21.3. The van der Waals surface area contributed by atoms with Crippen LogP contribution in [0.2, 0.25) is 0 Å². The predicted octanol–water partition coefficient (Wildman–Crippen LogP) is 3.48. The lowest BCUT2D eigenvalue weighted by molar-refractivity contribution is -0.106. The van der Waals surface area contributed by atoms with Crippen molar-refractivity contribution in [3.8, 4) is 22.6 Å². The molecule has 1 saturated carbocycles. The molecular formula is C21H20F2N6O. The van der Waals surface area contributed by atoms with Gasteiger partial charge in [-0.2, -0.15) is 5.10 Å². The van der Waals surface area contributed by atoms with Gasteiger partial charge in [-0.3, -0.25) is 4.79 Å². The number of hydrogen-bond donors (Lipinski definition) is 1. The van der Waals surface area contributed by atoms with E-state index in [1.165, 1.54) is 12.1 Å². The molecule has 154 valence electrons. The second-order valence-corrected chi connectivity index (χ2v) is 7.10. The van der Waals surface area contributed by atoms with Crippen molar-refractivity contribution in [3.05, 3.63) is 60.4 Å². The Morgan fingerprint density at radius 1 is 1.13 bits per heavy atom. The van der Waals surface area contributed by atoms with Crippen LogP contribution in [0.3, 0.4) is 0 Å². The van der Waals surface area contributed by atoms with E-state index in [0.29, 0.717) is 18.5 Å². The molecule has 0 radical (unpaired) electrons. The van der Waals surface area contributed by atoms with Gasteiger partial charge in [0.25, 0.3) is 0 Å². The maximum Gasteiger partial charge on any atom is 0.204 e. The van der Waals surface area contributed by atoms with E-state index in [-0.39, 0.29) is 18.3 Å². The van der Waals surface area contributed by atoms with E-state index < -0.39 is 6.17 Å². The van der Waals surface area contributed by atoms with Gasteiger partial charge in [0, 0.05) is 11.6 Å². The summed E-state index contributed by atoms with van der Waals surface area (Å²) < 4.78 is 30.6. The van der Waals surface area contributed by atoms with Crippen LogP contribution in [0, 0.1) is 12.7 Å². The molecule has 1 aromatic carbocycles. The molecule has 3 heterocycles. The van der Waals surface area contributed by atoms with Gasteiger partial charge in [-0.1, -0.05) is 0 Å². The van der Waals surface area contributed by atoms with Crippen molar-refractivity contribution < 1.29 is 13.6 Å². The zero-order valence-electron chi connectivity index (χ0n) is 16.2. The first-order valence-corrected chi connectivity index (χ1v) is 9.45. The van der Waals surface area contributed by atoms with Crippen molar-refractivity contribution in [3.63, 3.8) is 0 Å². The van der Waals surface area contributed by atoms with E-state index in [1.54, 1.807) is 29.2 Å². The van der Waals surface area contributed by atoms with E-state index in [0.717, 1.165) is 28.3 Å². The molecule has 4 aromatic rings. The van der Waals surface area contributed by atoms with Crippen LogP contribution in [0.15, 0.2) is 48.9 Å². The molecule has 0 bridgehead atoms. The molecule has 30 heavy (non-hydrogen) atoms. The fourth-order valence-electron chi connectivity index (χ4n) is 3.57. The summed E-state index contributed by atoms with van der Waals surface area (Å²) in [6, 6.07) is 10.1. The lowest BCUT2D eigenvalue weighted by atomic mass is 9.90. The minimum Gasteiger partial charge on any atom is -0.372 e. The highest BCUT2D eigenvalue weighted by Gasteiger charge is 2.33. The van der Waals surface area contributed by atoms with E-state index in [1.807, 2.05) is 23.6 Å². The molecule has 9 heteroatoms. The number of fused-ring (bicyclic) bond motifs is 1. The number of imidazole rings is 2. The van der Waals surface area contributed by atoms with Crippen LogP contribution >= 0.6 is 0 Å². The minimum atomic E-state index is -0.772. The normalized spacial score (nSPS) is 17.8. The number of rotatable bonds is 3. The zero-order valence-corrected chi connectivity index (χ0v) is 16.2. The number of benzene rings is 1. The van der Waals surface area contributed by atoms with E-state index in [2.05, 4.69) is 15.7 Å². The van der Waals surface area contributed by atoms with E-state index in [9.17, 15) is 8.78 Å². The highest BCUT2D eigenvalue weighted by molar-refractivity contribution is 5.77. The number of primary amides is 1. The molecule has 0 spiro atoms. The van der Waals surface area contributed by atoms with Gasteiger partial charge < -0.3 is 10.3 Å². The third-order valence-electron chi connectivity index (χ3n) is 5.14. The number of halogens is 2. The average molecular weight is 410 g/mol. The Kier molecular flexibility index (Phi) is 5.26. The number of amides is 1. The monoisotopic (exact) mass is 410 g/mol. The summed E-state index contributed by atoms with van der Waals surface area (Å²) in [6.45, 7) is 1.94. The van der Waals surface area contributed by atoms with Gasteiger partial charge in [0.2, 0.25) is 6.41 Å². The Hall–Kier alpha value is -3.62.